The van der Waals surface area contributed by atoms with Crippen LogP contribution in [-0.2, 0) is 24.2 Å². The molecule has 0 fully saturated rings. The molecular formula is C21H27N5O. The number of guanidine groups is 1. The number of nitrogens with one attached hydrogen (secondary N) is 2. The minimum atomic E-state index is 0.0105. The van der Waals surface area contributed by atoms with Crippen LogP contribution in [0.2, 0.25) is 0 Å². The summed E-state index contributed by atoms with van der Waals surface area (Å²) in [6, 6.07) is 14.7. The Kier molecular flexibility index (Phi) is 6.41. The third-order valence-electron chi connectivity index (χ3n) is 4.72. The van der Waals surface area contributed by atoms with Gasteiger partial charge in [0.15, 0.2) is 5.96 Å². The Morgan fingerprint density at radius 1 is 1.19 bits per heavy atom. The quantitative estimate of drug-likeness (QED) is 0.626. The molecule has 1 aromatic heterocycles. The molecule has 0 saturated carbocycles. The molecule has 27 heavy (non-hydrogen) atoms. The van der Waals surface area contributed by atoms with Gasteiger partial charge in [-0.1, -0.05) is 30.3 Å². The van der Waals surface area contributed by atoms with E-state index in [-0.39, 0.29) is 12.5 Å². The maximum Gasteiger partial charge on any atom is 0.241 e. The zero-order valence-electron chi connectivity index (χ0n) is 16.0. The van der Waals surface area contributed by atoms with Gasteiger partial charge in [-0.3, -0.25) is 9.78 Å². The molecule has 2 N–H and O–H groups in total. The molecule has 1 amide bonds. The average Bonchev–Trinajstić information content (AvgIpc) is 2.70. The number of carbonyl (C=O) groups is 1. The number of pyridine rings is 1. The molecule has 1 heterocycles. The topological polar surface area (TPSA) is 69.6 Å². The van der Waals surface area contributed by atoms with E-state index in [2.05, 4.69) is 44.9 Å². The molecule has 6 heteroatoms. The fourth-order valence-electron chi connectivity index (χ4n) is 3.14. The Morgan fingerprint density at radius 2 is 1.96 bits per heavy atom. The molecule has 0 spiro atoms. The molecule has 0 radical (unpaired) electrons. The monoisotopic (exact) mass is 365 g/mol. The zero-order valence-corrected chi connectivity index (χ0v) is 16.0. The Morgan fingerprint density at radius 3 is 2.70 bits per heavy atom. The first-order valence-corrected chi connectivity index (χ1v) is 9.33. The van der Waals surface area contributed by atoms with Crippen molar-refractivity contribution >= 4 is 11.9 Å². The molecule has 1 atom stereocenters. The molecule has 0 saturated heterocycles. The van der Waals surface area contributed by atoms with E-state index in [0.29, 0.717) is 18.5 Å². The van der Waals surface area contributed by atoms with Crippen molar-refractivity contribution in [2.75, 3.05) is 20.6 Å². The SMILES string of the molecule is CN(C)C(=O)CNC(=NCc1ccccn1)NC1CCc2ccccc2C1. The fraction of sp³-hybridized carbons (Fsp3) is 0.381. The van der Waals surface area contributed by atoms with E-state index < -0.39 is 0 Å². The average molecular weight is 365 g/mol. The van der Waals surface area contributed by atoms with E-state index in [4.69, 9.17) is 0 Å². The first-order valence-electron chi connectivity index (χ1n) is 9.33. The first kappa shape index (κ1) is 18.9. The molecule has 1 aliphatic carbocycles. The van der Waals surface area contributed by atoms with Gasteiger partial charge in [0.05, 0.1) is 18.8 Å². The van der Waals surface area contributed by atoms with E-state index in [1.807, 2.05) is 18.2 Å². The molecule has 142 valence electrons. The van der Waals surface area contributed by atoms with Crippen LogP contribution < -0.4 is 10.6 Å². The number of amides is 1. The maximum atomic E-state index is 11.9. The molecule has 2 aromatic rings. The van der Waals surface area contributed by atoms with Gasteiger partial charge >= 0.3 is 0 Å². The molecule has 1 aliphatic rings. The Hall–Kier alpha value is -2.89. The first-order chi connectivity index (χ1) is 13.1. The highest BCUT2D eigenvalue weighted by atomic mass is 16.2. The van der Waals surface area contributed by atoms with E-state index in [9.17, 15) is 4.79 Å². The predicted molar refractivity (Wildman–Crippen MR) is 107 cm³/mol. The zero-order chi connectivity index (χ0) is 19.1. The smallest absolute Gasteiger partial charge is 0.241 e. The second kappa shape index (κ2) is 9.16. The molecule has 6 nitrogen and oxygen atoms in total. The summed E-state index contributed by atoms with van der Waals surface area (Å²) in [5.41, 5.74) is 3.71. The lowest BCUT2D eigenvalue weighted by molar-refractivity contribution is -0.127. The fourth-order valence-corrected chi connectivity index (χ4v) is 3.14. The molecule has 1 aromatic carbocycles. The number of rotatable bonds is 5. The molecule has 1 unspecified atom stereocenters. The molecular weight excluding hydrogens is 338 g/mol. The summed E-state index contributed by atoms with van der Waals surface area (Å²) in [4.78, 5) is 22.5. The van der Waals surface area contributed by atoms with Crippen molar-refractivity contribution in [3.05, 3.63) is 65.5 Å². The highest BCUT2D eigenvalue weighted by Gasteiger charge is 2.19. The van der Waals surface area contributed by atoms with Gasteiger partial charge in [-0.25, -0.2) is 4.99 Å². The largest absolute Gasteiger partial charge is 0.353 e. The Balaban J connectivity index is 1.66. The van der Waals surface area contributed by atoms with Gasteiger partial charge in [0.25, 0.3) is 0 Å². The van der Waals surface area contributed by atoms with Crippen LogP contribution in [0.5, 0.6) is 0 Å². The summed E-state index contributed by atoms with van der Waals surface area (Å²) in [7, 11) is 3.50. The number of nitrogens with zero attached hydrogens (tertiary/aromatic N) is 3. The van der Waals surface area contributed by atoms with E-state index in [1.165, 1.54) is 11.1 Å². The molecule has 0 aliphatic heterocycles. The van der Waals surface area contributed by atoms with Crippen molar-refractivity contribution in [3.8, 4) is 0 Å². The summed E-state index contributed by atoms with van der Waals surface area (Å²) >= 11 is 0. The number of hydrogen-bond acceptors (Lipinski definition) is 3. The van der Waals surface area contributed by atoms with Gasteiger partial charge in [-0.2, -0.15) is 0 Å². The van der Waals surface area contributed by atoms with E-state index in [0.717, 1.165) is 25.0 Å². The minimum Gasteiger partial charge on any atom is -0.353 e. The lowest BCUT2D eigenvalue weighted by Gasteiger charge is -2.27. The summed E-state index contributed by atoms with van der Waals surface area (Å²) in [6.07, 6.45) is 4.82. The van der Waals surface area contributed by atoms with E-state index in [1.54, 1.807) is 25.2 Å². The minimum absolute atomic E-state index is 0.0105. The number of carbonyl (C=O) groups excluding carboxylic acids is 1. The number of benzene rings is 1. The summed E-state index contributed by atoms with van der Waals surface area (Å²) in [5.74, 6) is 0.663. The molecule has 3 rings (SSSR count). The number of hydrogen-bond donors (Lipinski definition) is 2. The lowest BCUT2D eigenvalue weighted by Crippen LogP contribution is -2.48. The van der Waals surface area contributed by atoms with Gasteiger partial charge in [-0.05, 0) is 42.5 Å². The highest BCUT2D eigenvalue weighted by Crippen LogP contribution is 2.20. The number of aliphatic imine (C=N–C) groups is 1. The van der Waals surface area contributed by atoms with Gasteiger partial charge < -0.3 is 15.5 Å². The van der Waals surface area contributed by atoms with Crippen LogP contribution in [0.3, 0.4) is 0 Å². The number of likely N-dealkylation sites (N-methyl/N-ethyl adjacent to an activating group) is 1. The highest BCUT2D eigenvalue weighted by molar-refractivity contribution is 5.86. The van der Waals surface area contributed by atoms with Crippen molar-refractivity contribution in [2.24, 2.45) is 4.99 Å². The Bertz CT molecular complexity index is 788. The normalized spacial score (nSPS) is 16.4. The second-order valence-electron chi connectivity index (χ2n) is 6.98. The van der Waals surface area contributed by atoms with Crippen LogP contribution >= 0.6 is 0 Å². The van der Waals surface area contributed by atoms with Gasteiger partial charge in [0.2, 0.25) is 5.91 Å². The second-order valence-corrected chi connectivity index (χ2v) is 6.98. The van der Waals surface area contributed by atoms with Gasteiger partial charge in [0.1, 0.15) is 0 Å². The summed E-state index contributed by atoms with van der Waals surface area (Å²) < 4.78 is 0. The lowest BCUT2D eigenvalue weighted by atomic mass is 9.88. The van der Waals surface area contributed by atoms with Crippen LogP contribution in [0.1, 0.15) is 23.2 Å². The number of aryl methyl sites for hydroxylation is 1. The van der Waals surface area contributed by atoms with Crippen molar-refractivity contribution in [1.82, 2.24) is 20.5 Å². The van der Waals surface area contributed by atoms with Gasteiger partial charge in [-0.15, -0.1) is 0 Å². The third kappa shape index (κ3) is 5.54. The van der Waals surface area contributed by atoms with Crippen LogP contribution in [0, 0.1) is 0 Å². The summed E-state index contributed by atoms with van der Waals surface area (Å²) in [6.45, 7) is 0.681. The van der Waals surface area contributed by atoms with Crippen LogP contribution in [0.25, 0.3) is 0 Å². The van der Waals surface area contributed by atoms with Crippen LogP contribution in [0.15, 0.2) is 53.7 Å². The van der Waals surface area contributed by atoms with Crippen molar-refractivity contribution in [3.63, 3.8) is 0 Å². The number of aromatic nitrogens is 1. The third-order valence-corrected chi connectivity index (χ3v) is 4.72. The van der Waals surface area contributed by atoms with Crippen LogP contribution in [-0.4, -0.2) is 48.4 Å². The van der Waals surface area contributed by atoms with Crippen molar-refractivity contribution in [2.45, 2.75) is 31.8 Å². The number of fused-ring (bicyclic) bond motifs is 1. The predicted octanol–water partition coefficient (Wildman–Crippen LogP) is 1.76. The molecule has 0 bridgehead atoms. The van der Waals surface area contributed by atoms with Crippen LogP contribution in [0.4, 0.5) is 0 Å². The summed E-state index contributed by atoms with van der Waals surface area (Å²) in [5, 5.41) is 6.66. The Labute approximate surface area is 160 Å². The standard InChI is InChI=1S/C21H27N5O/c1-26(2)20(27)15-24-21(23-14-19-9-5-6-12-22-19)25-18-11-10-16-7-3-4-8-17(16)13-18/h3-9,12,18H,10-11,13-15H2,1-2H3,(H2,23,24,25). The van der Waals surface area contributed by atoms with Crippen molar-refractivity contribution < 1.29 is 4.79 Å². The maximum absolute atomic E-state index is 11.9. The van der Waals surface area contributed by atoms with Gasteiger partial charge in [0, 0.05) is 26.3 Å². The van der Waals surface area contributed by atoms with E-state index >= 15 is 0 Å². The van der Waals surface area contributed by atoms with Crippen molar-refractivity contribution in [1.29, 1.82) is 0 Å².